The van der Waals surface area contributed by atoms with Gasteiger partial charge in [-0.2, -0.15) is 0 Å². The number of anilines is 1. The van der Waals surface area contributed by atoms with E-state index < -0.39 is 17.8 Å². The van der Waals surface area contributed by atoms with Crippen molar-refractivity contribution in [3.8, 4) is 0 Å². The molecule has 0 radical (unpaired) electrons. The lowest BCUT2D eigenvalue weighted by atomic mass is 9.97. The number of aromatic nitrogens is 3. The van der Waals surface area contributed by atoms with Crippen molar-refractivity contribution in [1.29, 1.82) is 0 Å². The van der Waals surface area contributed by atoms with E-state index in [0.29, 0.717) is 22.3 Å². The topological polar surface area (TPSA) is 80.1 Å². The molecule has 1 aliphatic carbocycles. The Bertz CT molecular complexity index is 1400. The fraction of sp³-hybridized carbons (Fsp3) is 0.286. The quantitative estimate of drug-likeness (QED) is 0.411. The van der Waals surface area contributed by atoms with Crippen LogP contribution in [0, 0.1) is 12.7 Å². The number of para-hydroxylation sites is 1. The second-order valence-corrected chi connectivity index (χ2v) is 9.23. The van der Waals surface area contributed by atoms with Gasteiger partial charge in [0.25, 0.3) is 0 Å². The Hall–Kier alpha value is -4.07. The molecule has 0 aliphatic heterocycles. The summed E-state index contributed by atoms with van der Waals surface area (Å²) >= 11 is 0. The predicted molar refractivity (Wildman–Crippen MR) is 136 cm³/mol. The van der Waals surface area contributed by atoms with Gasteiger partial charge >= 0.3 is 0 Å². The van der Waals surface area contributed by atoms with E-state index in [-0.39, 0.29) is 18.5 Å². The lowest BCUT2D eigenvalue weighted by molar-refractivity contribution is -0.127. The molecule has 3 aromatic carbocycles. The summed E-state index contributed by atoms with van der Waals surface area (Å²) in [5, 5.41) is 11.4. The lowest BCUT2D eigenvalue weighted by Gasteiger charge is -2.33. The van der Waals surface area contributed by atoms with Gasteiger partial charge in [0.15, 0.2) is 0 Å². The molecule has 1 fully saturated rings. The van der Waals surface area contributed by atoms with Crippen molar-refractivity contribution in [2.45, 2.75) is 51.2 Å². The maximum Gasteiger partial charge on any atom is 0.249 e. The van der Waals surface area contributed by atoms with Gasteiger partial charge in [-0.25, -0.2) is 9.07 Å². The lowest BCUT2D eigenvalue weighted by Crippen LogP contribution is -2.47. The van der Waals surface area contributed by atoms with Crippen LogP contribution < -0.4 is 10.2 Å². The van der Waals surface area contributed by atoms with Crippen molar-refractivity contribution in [3.63, 3.8) is 0 Å². The zero-order valence-electron chi connectivity index (χ0n) is 20.1. The molecule has 8 heteroatoms. The van der Waals surface area contributed by atoms with Crippen molar-refractivity contribution in [3.05, 3.63) is 89.7 Å². The standard InChI is InChI=1S/C28H28FN5O2/c1-19-9-2-5-14-23(19)27(28(36)30-21-11-3-4-12-21)34(22-13-8-10-20(29)17-22)26(35)18-33-25-16-7-6-15-24(25)31-32-33/h2,5-10,13-17,21,27H,3-4,11-12,18H2,1H3,(H,30,36)/t27-/m0/s1. The summed E-state index contributed by atoms with van der Waals surface area (Å²) in [6, 6.07) is 19.7. The Balaban J connectivity index is 1.59. The summed E-state index contributed by atoms with van der Waals surface area (Å²) < 4.78 is 15.9. The monoisotopic (exact) mass is 485 g/mol. The SMILES string of the molecule is Cc1ccccc1[C@@H](C(=O)NC1CCCC1)N(C(=O)Cn1nnc2ccccc21)c1cccc(F)c1. The van der Waals surface area contributed by atoms with Crippen molar-refractivity contribution in [2.75, 3.05) is 4.90 Å². The number of aryl methyl sites for hydroxylation is 1. The number of rotatable bonds is 7. The summed E-state index contributed by atoms with van der Waals surface area (Å²) in [6.45, 7) is 1.75. The fourth-order valence-corrected chi connectivity index (χ4v) is 4.94. The molecule has 7 nitrogen and oxygen atoms in total. The molecule has 1 N–H and O–H groups in total. The number of amides is 2. The minimum atomic E-state index is -0.976. The van der Waals surface area contributed by atoms with Gasteiger partial charge in [-0.1, -0.05) is 60.5 Å². The minimum Gasteiger partial charge on any atom is -0.351 e. The zero-order chi connectivity index (χ0) is 25.1. The van der Waals surface area contributed by atoms with Crippen molar-refractivity contribution >= 4 is 28.5 Å². The average Bonchev–Trinajstić information content (AvgIpc) is 3.53. The second kappa shape index (κ2) is 10.3. The molecule has 1 aliphatic rings. The molecule has 0 bridgehead atoms. The molecule has 4 aromatic rings. The molecule has 0 saturated heterocycles. The Kier molecular flexibility index (Phi) is 6.75. The van der Waals surface area contributed by atoms with Crippen LogP contribution in [-0.4, -0.2) is 32.9 Å². The molecule has 1 atom stereocenters. The highest BCUT2D eigenvalue weighted by Gasteiger charge is 2.35. The van der Waals surface area contributed by atoms with Crippen LogP contribution in [-0.2, 0) is 16.1 Å². The van der Waals surface area contributed by atoms with Gasteiger partial charge in [-0.05, 0) is 61.2 Å². The van der Waals surface area contributed by atoms with E-state index >= 15 is 0 Å². The second-order valence-electron chi connectivity index (χ2n) is 9.23. The van der Waals surface area contributed by atoms with Crippen LogP contribution >= 0.6 is 0 Å². The first kappa shape index (κ1) is 23.7. The van der Waals surface area contributed by atoms with Crippen LogP contribution in [0.4, 0.5) is 10.1 Å². The Morgan fingerprint density at radius 2 is 1.81 bits per heavy atom. The third-order valence-electron chi connectivity index (χ3n) is 6.75. The smallest absolute Gasteiger partial charge is 0.249 e. The number of hydrogen-bond acceptors (Lipinski definition) is 4. The summed E-state index contributed by atoms with van der Waals surface area (Å²) in [7, 11) is 0. The molecule has 0 unspecified atom stereocenters. The summed E-state index contributed by atoms with van der Waals surface area (Å²) in [5.74, 6) is -1.17. The largest absolute Gasteiger partial charge is 0.351 e. The van der Waals surface area contributed by atoms with Gasteiger partial charge < -0.3 is 5.32 Å². The Morgan fingerprint density at radius 1 is 1.06 bits per heavy atom. The van der Waals surface area contributed by atoms with Crippen LogP contribution in [0.25, 0.3) is 11.0 Å². The van der Waals surface area contributed by atoms with Crippen molar-refractivity contribution < 1.29 is 14.0 Å². The number of carbonyl (C=O) groups is 2. The highest BCUT2D eigenvalue weighted by atomic mass is 19.1. The highest BCUT2D eigenvalue weighted by Crippen LogP contribution is 2.32. The van der Waals surface area contributed by atoms with E-state index in [2.05, 4.69) is 15.6 Å². The number of carbonyl (C=O) groups excluding carboxylic acids is 2. The number of benzene rings is 3. The van der Waals surface area contributed by atoms with Crippen LogP contribution in [0.2, 0.25) is 0 Å². The number of nitrogens with zero attached hydrogens (tertiary/aromatic N) is 4. The average molecular weight is 486 g/mol. The van der Waals surface area contributed by atoms with E-state index in [4.69, 9.17) is 0 Å². The number of nitrogens with one attached hydrogen (secondary N) is 1. The van der Waals surface area contributed by atoms with E-state index in [0.717, 1.165) is 31.2 Å². The van der Waals surface area contributed by atoms with Gasteiger partial charge in [-0.15, -0.1) is 5.10 Å². The van der Waals surface area contributed by atoms with Gasteiger partial charge in [0.2, 0.25) is 11.8 Å². The molecule has 1 heterocycles. The van der Waals surface area contributed by atoms with Crippen molar-refractivity contribution in [2.24, 2.45) is 0 Å². The summed E-state index contributed by atoms with van der Waals surface area (Å²) in [6.07, 6.45) is 3.94. The maximum atomic E-state index is 14.4. The summed E-state index contributed by atoms with van der Waals surface area (Å²) in [5.41, 5.74) is 3.22. The van der Waals surface area contributed by atoms with Crippen LogP contribution in [0.3, 0.4) is 0 Å². The van der Waals surface area contributed by atoms with Crippen molar-refractivity contribution in [1.82, 2.24) is 20.3 Å². The third kappa shape index (κ3) is 4.84. The zero-order valence-corrected chi connectivity index (χ0v) is 20.1. The molecule has 1 aromatic heterocycles. The Labute approximate surface area is 208 Å². The summed E-state index contributed by atoms with van der Waals surface area (Å²) in [4.78, 5) is 29.2. The van der Waals surface area contributed by atoms with E-state index in [1.807, 2.05) is 55.5 Å². The first-order valence-electron chi connectivity index (χ1n) is 12.2. The van der Waals surface area contributed by atoms with E-state index in [9.17, 15) is 14.0 Å². The molecular formula is C28H28FN5O2. The van der Waals surface area contributed by atoms with Gasteiger partial charge in [0.05, 0.1) is 5.52 Å². The molecule has 184 valence electrons. The maximum absolute atomic E-state index is 14.4. The van der Waals surface area contributed by atoms with E-state index in [1.54, 1.807) is 12.1 Å². The normalized spacial score (nSPS) is 14.6. The Morgan fingerprint density at radius 3 is 2.58 bits per heavy atom. The van der Waals surface area contributed by atoms with Gasteiger partial charge in [-0.3, -0.25) is 14.5 Å². The van der Waals surface area contributed by atoms with Crippen LogP contribution in [0.5, 0.6) is 0 Å². The van der Waals surface area contributed by atoms with Gasteiger partial charge in [0, 0.05) is 11.7 Å². The first-order chi connectivity index (χ1) is 17.5. The minimum absolute atomic E-state index is 0.0627. The molecule has 2 amide bonds. The predicted octanol–water partition coefficient (Wildman–Crippen LogP) is 4.71. The molecule has 5 rings (SSSR count). The molecule has 1 saturated carbocycles. The molecule has 36 heavy (non-hydrogen) atoms. The number of halogens is 1. The molecular weight excluding hydrogens is 457 g/mol. The number of fused-ring (bicyclic) bond motifs is 1. The first-order valence-corrected chi connectivity index (χ1v) is 12.2. The molecule has 0 spiro atoms. The van der Waals surface area contributed by atoms with Crippen LogP contribution in [0.15, 0.2) is 72.8 Å². The van der Waals surface area contributed by atoms with E-state index in [1.165, 1.54) is 21.7 Å². The van der Waals surface area contributed by atoms with Gasteiger partial charge in [0.1, 0.15) is 23.9 Å². The number of hydrogen-bond donors (Lipinski definition) is 1. The highest BCUT2D eigenvalue weighted by molar-refractivity contribution is 6.01. The van der Waals surface area contributed by atoms with Crippen LogP contribution in [0.1, 0.15) is 42.9 Å². The fourth-order valence-electron chi connectivity index (χ4n) is 4.94. The third-order valence-corrected chi connectivity index (χ3v) is 6.75.